The Kier molecular flexibility index (Phi) is 4.33. The van der Waals surface area contributed by atoms with Gasteiger partial charge < -0.3 is 9.72 Å². The average Bonchev–Trinajstić information content (AvgIpc) is 3.03. The zero-order valence-electron chi connectivity index (χ0n) is 16.5. The standard InChI is InChI=1S/C24H27NO2/c1-24(2,3)20-7-5-6-16(13-20)22-14-18-10-15(8-9-21(18)25-22)17-11-19(12-17)23(26)27-4/h5-10,13-14,17,19,25H,11-12H2,1-4H3. The van der Waals surface area contributed by atoms with Crippen molar-refractivity contribution in [1.29, 1.82) is 0 Å². The van der Waals surface area contributed by atoms with Gasteiger partial charge in [-0.15, -0.1) is 0 Å². The third-order valence-electron chi connectivity index (χ3n) is 5.83. The number of aromatic nitrogens is 1. The van der Waals surface area contributed by atoms with E-state index < -0.39 is 0 Å². The van der Waals surface area contributed by atoms with Crippen molar-refractivity contribution in [1.82, 2.24) is 4.98 Å². The molecule has 3 heteroatoms. The number of ether oxygens (including phenoxy) is 1. The van der Waals surface area contributed by atoms with E-state index in [4.69, 9.17) is 4.74 Å². The summed E-state index contributed by atoms with van der Waals surface area (Å²) in [5, 5.41) is 1.23. The Morgan fingerprint density at radius 2 is 1.85 bits per heavy atom. The van der Waals surface area contributed by atoms with E-state index in [-0.39, 0.29) is 17.3 Å². The van der Waals surface area contributed by atoms with Gasteiger partial charge in [0.25, 0.3) is 0 Å². The molecule has 1 saturated carbocycles. The molecule has 1 aliphatic carbocycles. The highest BCUT2D eigenvalue weighted by molar-refractivity contribution is 5.86. The first-order valence-electron chi connectivity index (χ1n) is 9.66. The highest BCUT2D eigenvalue weighted by atomic mass is 16.5. The second-order valence-electron chi connectivity index (χ2n) is 8.75. The van der Waals surface area contributed by atoms with Gasteiger partial charge in [-0.3, -0.25) is 4.79 Å². The molecule has 0 aliphatic heterocycles. The number of carbonyl (C=O) groups excluding carboxylic acids is 1. The molecule has 1 aliphatic rings. The Balaban J connectivity index is 1.60. The number of hydrogen-bond donors (Lipinski definition) is 1. The molecule has 1 heterocycles. The number of H-pyrrole nitrogens is 1. The Hall–Kier alpha value is -2.55. The minimum Gasteiger partial charge on any atom is -0.469 e. The first kappa shape index (κ1) is 17.8. The number of nitrogens with one attached hydrogen (secondary N) is 1. The summed E-state index contributed by atoms with van der Waals surface area (Å²) >= 11 is 0. The molecule has 0 radical (unpaired) electrons. The lowest BCUT2D eigenvalue weighted by atomic mass is 9.71. The summed E-state index contributed by atoms with van der Waals surface area (Å²) in [7, 11) is 1.47. The van der Waals surface area contributed by atoms with Crippen molar-refractivity contribution in [3.05, 3.63) is 59.7 Å². The molecule has 4 rings (SSSR count). The van der Waals surface area contributed by atoms with Crippen molar-refractivity contribution in [2.24, 2.45) is 5.92 Å². The lowest BCUT2D eigenvalue weighted by Gasteiger charge is -2.33. The molecule has 0 spiro atoms. The van der Waals surface area contributed by atoms with E-state index in [1.807, 2.05) is 0 Å². The zero-order valence-corrected chi connectivity index (χ0v) is 16.5. The predicted molar refractivity (Wildman–Crippen MR) is 110 cm³/mol. The first-order valence-corrected chi connectivity index (χ1v) is 9.66. The monoisotopic (exact) mass is 361 g/mol. The van der Waals surface area contributed by atoms with Crippen molar-refractivity contribution in [3.8, 4) is 11.3 Å². The molecule has 0 amide bonds. The predicted octanol–water partition coefficient (Wildman–Crippen LogP) is 5.80. The molecule has 1 fully saturated rings. The van der Waals surface area contributed by atoms with E-state index in [1.54, 1.807) is 0 Å². The van der Waals surface area contributed by atoms with Crippen LogP contribution in [0.4, 0.5) is 0 Å². The molecule has 0 bridgehead atoms. The van der Waals surface area contributed by atoms with Crippen LogP contribution in [0.25, 0.3) is 22.2 Å². The Labute approximate surface area is 160 Å². The van der Waals surface area contributed by atoms with Gasteiger partial charge >= 0.3 is 5.97 Å². The van der Waals surface area contributed by atoms with E-state index in [0.29, 0.717) is 5.92 Å². The quantitative estimate of drug-likeness (QED) is 0.599. The minimum atomic E-state index is -0.0741. The second-order valence-corrected chi connectivity index (χ2v) is 8.75. The zero-order chi connectivity index (χ0) is 19.2. The summed E-state index contributed by atoms with van der Waals surface area (Å²) < 4.78 is 4.85. The second kappa shape index (κ2) is 6.56. The molecule has 3 aromatic rings. The third-order valence-corrected chi connectivity index (χ3v) is 5.83. The Morgan fingerprint density at radius 1 is 1.07 bits per heavy atom. The molecule has 3 nitrogen and oxygen atoms in total. The number of benzene rings is 2. The van der Waals surface area contributed by atoms with Crippen LogP contribution in [-0.4, -0.2) is 18.1 Å². The van der Waals surface area contributed by atoms with Crippen LogP contribution in [0.1, 0.15) is 50.7 Å². The van der Waals surface area contributed by atoms with E-state index in [2.05, 4.69) is 74.3 Å². The number of carbonyl (C=O) groups is 1. The smallest absolute Gasteiger partial charge is 0.308 e. The molecule has 27 heavy (non-hydrogen) atoms. The molecule has 1 aromatic heterocycles. The van der Waals surface area contributed by atoms with Crippen molar-refractivity contribution < 1.29 is 9.53 Å². The van der Waals surface area contributed by atoms with Crippen LogP contribution in [0.2, 0.25) is 0 Å². The molecule has 140 valence electrons. The number of esters is 1. The van der Waals surface area contributed by atoms with Crippen LogP contribution in [0.3, 0.4) is 0 Å². The lowest BCUT2D eigenvalue weighted by molar-refractivity contribution is -0.148. The summed E-state index contributed by atoms with van der Waals surface area (Å²) in [6, 6.07) is 17.6. The van der Waals surface area contributed by atoms with E-state index in [0.717, 1.165) is 24.1 Å². The molecule has 0 unspecified atom stereocenters. The van der Waals surface area contributed by atoms with Crippen LogP contribution in [0.5, 0.6) is 0 Å². The minimum absolute atomic E-state index is 0.0672. The van der Waals surface area contributed by atoms with Gasteiger partial charge in [-0.2, -0.15) is 0 Å². The Bertz CT molecular complexity index is 987. The summed E-state index contributed by atoms with van der Waals surface area (Å²) in [6.45, 7) is 6.72. The van der Waals surface area contributed by atoms with Crippen molar-refractivity contribution in [3.63, 3.8) is 0 Å². The number of fused-ring (bicyclic) bond motifs is 1. The average molecular weight is 361 g/mol. The van der Waals surface area contributed by atoms with Gasteiger partial charge in [0.15, 0.2) is 0 Å². The molecular formula is C24H27NO2. The number of aromatic amines is 1. The van der Waals surface area contributed by atoms with Crippen molar-refractivity contribution >= 4 is 16.9 Å². The van der Waals surface area contributed by atoms with Gasteiger partial charge in [-0.1, -0.05) is 45.0 Å². The van der Waals surface area contributed by atoms with Crippen LogP contribution in [0, 0.1) is 5.92 Å². The Morgan fingerprint density at radius 3 is 2.56 bits per heavy atom. The number of rotatable bonds is 3. The van der Waals surface area contributed by atoms with Crippen LogP contribution in [-0.2, 0) is 14.9 Å². The summed E-state index contributed by atoms with van der Waals surface area (Å²) in [4.78, 5) is 15.2. The van der Waals surface area contributed by atoms with Gasteiger partial charge in [0, 0.05) is 16.6 Å². The van der Waals surface area contributed by atoms with Gasteiger partial charge in [-0.05, 0) is 65.1 Å². The first-order chi connectivity index (χ1) is 12.8. The molecule has 0 saturated heterocycles. The van der Waals surface area contributed by atoms with E-state index in [9.17, 15) is 4.79 Å². The fourth-order valence-corrected chi connectivity index (χ4v) is 3.96. The van der Waals surface area contributed by atoms with Crippen LogP contribution in [0.15, 0.2) is 48.5 Å². The van der Waals surface area contributed by atoms with Gasteiger partial charge in [0.1, 0.15) is 0 Å². The highest BCUT2D eigenvalue weighted by Gasteiger charge is 2.36. The summed E-state index contributed by atoms with van der Waals surface area (Å²) in [5.41, 5.74) is 6.30. The van der Waals surface area contributed by atoms with Crippen LogP contribution >= 0.6 is 0 Å². The summed E-state index contributed by atoms with van der Waals surface area (Å²) in [6.07, 6.45) is 1.78. The van der Waals surface area contributed by atoms with E-state index >= 15 is 0 Å². The van der Waals surface area contributed by atoms with Crippen LogP contribution < -0.4 is 0 Å². The van der Waals surface area contributed by atoms with E-state index in [1.165, 1.54) is 29.2 Å². The lowest BCUT2D eigenvalue weighted by Crippen LogP contribution is -2.29. The van der Waals surface area contributed by atoms with Gasteiger partial charge in [0.05, 0.1) is 13.0 Å². The topological polar surface area (TPSA) is 42.1 Å². The van der Waals surface area contributed by atoms with Gasteiger partial charge in [0.2, 0.25) is 0 Å². The normalized spacial score (nSPS) is 19.7. The SMILES string of the molecule is COC(=O)C1CC(c2ccc3[nH]c(-c4cccc(C(C)(C)C)c4)cc3c2)C1. The molecule has 0 atom stereocenters. The molecule has 2 aromatic carbocycles. The highest BCUT2D eigenvalue weighted by Crippen LogP contribution is 2.43. The fraction of sp³-hybridized carbons (Fsp3) is 0.375. The maximum atomic E-state index is 11.6. The number of hydrogen-bond acceptors (Lipinski definition) is 2. The summed E-state index contributed by atoms with van der Waals surface area (Å²) in [5.74, 6) is 0.452. The fourth-order valence-electron chi connectivity index (χ4n) is 3.96. The largest absolute Gasteiger partial charge is 0.469 e. The third kappa shape index (κ3) is 3.39. The maximum absolute atomic E-state index is 11.6. The van der Waals surface area contributed by atoms with Gasteiger partial charge in [-0.25, -0.2) is 0 Å². The molecule has 1 N–H and O–H groups in total. The maximum Gasteiger partial charge on any atom is 0.308 e. The number of methoxy groups -OCH3 is 1. The molecular weight excluding hydrogens is 334 g/mol. The van der Waals surface area contributed by atoms with Crippen molar-refractivity contribution in [2.45, 2.75) is 44.9 Å². The van der Waals surface area contributed by atoms with Crippen molar-refractivity contribution in [2.75, 3.05) is 7.11 Å².